The quantitative estimate of drug-likeness (QED) is 0.429. The summed E-state index contributed by atoms with van der Waals surface area (Å²) in [6.45, 7) is 9.19. The van der Waals surface area contributed by atoms with Gasteiger partial charge in [-0.2, -0.15) is 0 Å². The fourth-order valence-electron chi connectivity index (χ4n) is 0.911. The molecule has 1 atom stereocenters. The van der Waals surface area contributed by atoms with Gasteiger partial charge < -0.3 is 4.53 Å². The maximum Gasteiger partial charge on any atom is 0.215 e. The van der Waals surface area contributed by atoms with Gasteiger partial charge in [0.25, 0.3) is 0 Å². The first-order valence-corrected chi connectivity index (χ1v) is 8.33. The fourth-order valence-corrected chi connectivity index (χ4v) is 2.13. The SMILES string of the molecule is CC1(Br)CCON1O[Si](C)(C)C. The first-order valence-electron chi connectivity index (χ1n) is 4.12. The Bertz CT molecular complexity index is 169. The summed E-state index contributed by atoms with van der Waals surface area (Å²) in [5.74, 6) is 0. The lowest BCUT2D eigenvalue weighted by Crippen LogP contribution is -2.42. The highest BCUT2D eigenvalue weighted by Gasteiger charge is 2.39. The largest absolute Gasteiger partial charge is 0.320 e. The Morgan fingerprint density at radius 2 is 2.08 bits per heavy atom. The fraction of sp³-hybridized carbons (Fsp3) is 1.00. The molecular formula is C7H16BrNO2Si. The van der Waals surface area contributed by atoms with Crippen molar-refractivity contribution < 1.29 is 9.36 Å². The average Bonchev–Trinajstić information content (AvgIpc) is 2.07. The van der Waals surface area contributed by atoms with Crippen LogP contribution in [0.1, 0.15) is 13.3 Å². The second-order valence-corrected chi connectivity index (χ2v) is 10.3. The Labute approximate surface area is 83.2 Å². The molecule has 0 N–H and O–H groups in total. The van der Waals surface area contributed by atoms with Gasteiger partial charge in [0.05, 0.1) is 6.61 Å². The van der Waals surface area contributed by atoms with Gasteiger partial charge >= 0.3 is 0 Å². The van der Waals surface area contributed by atoms with E-state index in [4.69, 9.17) is 9.36 Å². The zero-order valence-electron chi connectivity index (χ0n) is 8.06. The molecule has 0 bridgehead atoms. The Kier molecular flexibility index (Phi) is 3.00. The lowest BCUT2D eigenvalue weighted by Gasteiger charge is -2.31. The molecule has 1 unspecified atom stereocenters. The average molecular weight is 254 g/mol. The van der Waals surface area contributed by atoms with E-state index in [1.165, 1.54) is 0 Å². The molecule has 0 saturated carbocycles. The van der Waals surface area contributed by atoms with Crippen molar-refractivity contribution in [3.8, 4) is 0 Å². The summed E-state index contributed by atoms with van der Waals surface area (Å²) >= 11 is 3.56. The van der Waals surface area contributed by atoms with E-state index < -0.39 is 8.32 Å². The van der Waals surface area contributed by atoms with Crippen LogP contribution in [0.25, 0.3) is 0 Å². The molecular weight excluding hydrogens is 238 g/mol. The molecule has 0 spiro atoms. The predicted octanol–water partition coefficient (Wildman–Crippen LogP) is 2.50. The first kappa shape index (κ1) is 10.7. The monoisotopic (exact) mass is 253 g/mol. The molecule has 72 valence electrons. The summed E-state index contributed by atoms with van der Waals surface area (Å²) in [5.41, 5.74) is 0. The summed E-state index contributed by atoms with van der Waals surface area (Å²) in [4.78, 5) is 5.34. The summed E-state index contributed by atoms with van der Waals surface area (Å²) < 4.78 is 5.57. The molecule has 0 aromatic carbocycles. The molecule has 1 aliphatic rings. The van der Waals surface area contributed by atoms with Crippen LogP contribution in [0, 0.1) is 0 Å². The first-order chi connectivity index (χ1) is 5.31. The summed E-state index contributed by atoms with van der Waals surface area (Å²) in [7, 11) is -1.54. The van der Waals surface area contributed by atoms with Gasteiger partial charge in [-0.1, -0.05) is 21.2 Å². The predicted molar refractivity (Wildman–Crippen MR) is 54.2 cm³/mol. The Morgan fingerprint density at radius 1 is 1.50 bits per heavy atom. The van der Waals surface area contributed by atoms with Crippen LogP contribution in [-0.4, -0.2) is 24.6 Å². The van der Waals surface area contributed by atoms with Gasteiger partial charge in [-0.05, 0) is 26.6 Å². The Balaban J connectivity index is 2.53. The van der Waals surface area contributed by atoms with Crippen molar-refractivity contribution in [2.45, 2.75) is 37.4 Å². The molecule has 5 heteroatoms. The van der Waals surface area contributed by atoms with Crippen LogP contribution in [0.3, 0.4) is 0 Å². The van der Waals surface area contributed by atoms with Gasteiger partial charge in [0, 0.05) is 6.42 Å². The van der Waals surface area contributed by atoms with Gasteiger partial charge in [0.1, 0.15) is 4.45 Å². The van der Waals surface area contributed by atoms with E-state index in [-0.39, 0.29) is 4.45 Å². The van der Waals surface area contributed by atoms with E-state index in [2.05, 4.69) is 42.5 Å². The van der Waals surface area contributed by atoms with Crippen LogP contribution in [0.15, 0.2) is 0 Å². The zero-order chi connectivity index (χ0) is 9.41. The van der Waals surface area contributed by atoms with Crippen LogP contribution in [-0.2, 0) is 9.36 Å². The van der Waals surface area contributed by atoms with Crippen LogP contribution in [0.4, 0.5) is 0 Å². The number of halogens is 1. The third-order valence-corrected chi connectivity index (χ3v) is 2.90. The van der Waals surface area contributed by atoms with Gasteiger partial charge in [-0.3, -0.25) is 4.84 Å². The molecule has 1 heterocycles. The molecule has 1 aliphatic heterocycles. The molecule has 1 saturated heterocycles. The minimum atomic E-state index is -1.54. The maximum atomic E-state index is 5.72. The van der Waals surface area contributed by atoms with E-state index in [9.17, 15) is 0 Å². The smallest absolute Gasteiger partial charge is 0.215 e. The minimum Gasteiger partial charge on any atom is -0.320 e. The van der Waals surface area contributed by atoms with E-state index in [1.54, 1.807) is 5.23 Å². The van der Waals surface area contributed by atoms with E-state index in [0.29, 0.717) is 0 Å². The van der Waals surface area contributed by atoms with Crippen molar-refractivity contribution >= 4 is 24.2 Å². The number of hydroxylamine groups is 2. The standard InChI is InChI=1S/C7H16BrNO2Si/c1-7(8)5-6-10-9(7)11-12(2,3)4/h5-6H2,1-4H3. The Morgan fingerprint density at radius 3 is 2.42 bits per heavy atom. The van der Waals surface area contributed by atoms with Crippen LogP contribution >= 0.6 is 15.9 Å². The van der Waals surface area contributed by atoms with Crippen molar-refractivity contribution in [2.75, 3.05) is 6.61 Å². The highest BCUT2D eigenvalue weighted by molar-refractivity contribution is 9.10. The molecule has 3 nitrogen and oxygen atoms in total. The van der Waals surface area contributed by atoms with Crippen molar-refractivity contribution in [3.05, 3.63) is 0 Å². The number of nitrogens with zero attached hydrogens (tertiary/aromatic N) is 1. The van der Waals surface area contributed by atoms with Gasteiger partial charge in [-0.25, -0.2) is 0 Å². The van der Waals surface area contributed by atoms with Crippen LogP contribution < -0.4 is 0 Å². The molecule has 1 rings (SSSR count). The molecule has 0 amide bonds. The zero-order valence-corrected chi connectivity index (χ0v) is 10.6. The summed E-state index contributed by atoms with van der Waals surface area (Å²) in [5, 5.41) is 1.61. The molecule has 1 fully saturated rings. The highest BCUT2D eigenvalue weighted by Crippen LogP contribution is 2.34. The van der Waals surface area contributed by atoms with E-state index >= 15 is 0 Å². The van der Waals surface area contributed by atoms with E-state index in [0.717, 1.165) is 13.0 Å². The second kappa shape index (κ2) is 3.38. The third kappa shape index (κ3) is 2.81. The lowest BCUT2D eigenvalue weighted by atomic mass is 10.3. The number of hydrogen-bond donors (Lipinski definition) is 0. The normalized spacial score (nSPS) is 32.8. The summed E-state index contributed by atoms with van der Waals surface area (Å²) in [6, 6.07) is 0. The number of hydrogen-bond acceptors (Lipinski definition) is 3. The summed E-state index contributed by atoms with van der Waals surface area (Å²) in [6.07, 6.45) is 0.956. The van der Waals surface area contributed by atoms with Gasteiger partial charge in [0.2, 0.25) is 8.32 Å². The molecule has 0 aromatic heterocycles. The molecule has 0 aromatic rings. The lowest BCUT2D eigenvalue weighted by molar-refractivity contribution is -0.314. The van der Waals surface area contributed by atoms with Crippen molar-refractivity contribution in [3.63, 3.8) is 0 Å². The van der Waals surface area contributed by atoms with Crippen molar-refractivity contribution in [1.82, 2.24) is 5.23 Å². The van der Waals surface area contributed by atoms with Crippen molar-refractivity contribution in [1.29, 1.82) is 0 Å². The van der Waals surface area contributed by atoms with Gasteiger partial charge in [0.15, 0.2) is 0 Å². The van der Waals surface area contributed by atoms with Crippen LogP contribution in [0.2, 0.25) is 19.6 Å². The van der Waals surface area contributed by atoms with Crippen LogP contribution in [0.5, 0.6) is 0 Å². The number of alkyl halides is 1. The third-order valence-electron chi connectivity index (χ3n) is 1.50. The van der Waals surface area contributed by atoms with Gasteiger partial charge in [-0.15, -0.1) is 0 Å². The number of rotatable bonds is 2. The highest BCUT2D eigenvalue weighted by atomic mass is 79.9. The van der Waals surface area contributed by atoms with Crippen molar-refractivity contribution in [2.24, 2.45) is 0 Å². The second-order valence-electron chi connectivity index (χ2n) is 4.19. The minimum absolute atomic E-state index is 0.146. The van der Waals surface area contributed by atoms with E-state index in [1.807, 2.05) is 0 Å². The molecule has 0 radical (unpaired) electrons. The maximum absolute atomic E-state index is 5.72. The Hall–Kier alpha value is 0.577. The topological polar surface area (TPSA) is 21.7 Å². The molecule has 0 aliphatic carbocycles. The molecule has 12 heavy (non-hydrogen) atoms.